The lowest BCUT2D eigenvalue weighted by Gasteiger charge is -2.42. The number of methoxy groups -OCH3 is 1. The summed E-state index contributed by atoms with van der Waals surface area (Å²) in [5.74, 6) is 2.02. The molecule has 0 spiro atoms. The van der Waals surface area contributed by atoms with Gasteiger partial charge in [-0.15, -0.1) is 0 Å². The summed E-state index contributed by atoms with van der Waals surface area (Å²) in [6, 6.07) is 17.3. The molecule has 0 bridgehead atoms. The highest BCUT2D eigenvalue weighted by molar-refractivity contribution is 5.58. The van der Waals surface area contributed by atoms with Crippen LogP contribution in [-0.4, -0.2) is 44.8 Å². The highest BCUT2D eigenvalue weighted by atomic mass is 16.5. The summed E-state index contributed by atoms with van der Waals surface area (Å²) in [6.07, 6.45) is 1.08. The van der Waals surface area contributed by atoms with E-state index in [-0.39, 0.29) is 0 Å². The van der Waals surface area contributed by atoms with Crippen LogP contribution in [0.1, 0.15) is 18.0 Å². The molecule has 0 N–H and O–H groups in total. The fourth-order valence-electron chi connectivity index (χ4n) is 3.87. The number of hydrogen-bond donors (Lipinski definition) is 0. The summed E-state index contributed by atoms with van der Waals surface area (Å²) in [7, 11) is 1.74. The van der Waals surface area contributed by atoms with Gasteiger partial charge >= 0.3 is 0 Å². The van der Waals surface area contributed by atoms with Crippen molar-refractivity contribution in [3.63, 3.8) is 0 Å². The molecule has 126 valence electrons. The Balaban J connectivity index is 1.47. The topological polar surface area (TPSA) is 24.9 Å². The van der Waals surface area contributed by atoms with Crippen LogP contribution in [0.5, 0.6) is 11.5 Å². The van der Waals surface area contributed by atoms with Crippen LogP contribution in [0.2, 0.25) is 0 Å². The van der Waals surface area contributed by atoms with Crippen molar-refractivity contribution in [2.24, 2.45) is 0 Å². The third kappa shape index (κ3) is 2.82. The van der Waals surface area contributed by atoms with E-state index in [4.69, 9.17) is 9.47 Å². The summed E-state index contributed by atoms with van der Waals surface area (Å²) in [5, 5.41) is 0. The molecule has 2 aromatic carbocycles. The van der Waals surface area contributed by atoms with Crippen LogP contribution >= 0.6 is 0 Å². The smallest absolute Gasteiger partial charge is 0.142 e. The average Bonchev–Trinajstić information content (AvgIpc) is 2.67. The number of rotatable bonds is 3. The molecule has 0 aliphatic carbocycles. The normalized spacial score (nSPS) is 21.0. The van der Waals surface area contributed by atoms with Gasteiger partial charge in [0.15, 0.2) is 0 Å². The van der Waals surface area contributed by atoms with Gasteiger partial charge in [-0.25, -0.2) is 0 Å². The quantitative estimate of drug-likeness (QED) is 0.864. The zero-order valence-corrected chi connectivity index (χ0v) is 14.1. The van der Waals surface area contributed by atoms with E-state index in [1.165, 1.54) is 11.3 Å². The molecule has 1 atom stereocenters. The van der Waals surface area contributed by atoms with Gasteiger partial charge < -0.3 is 14.4 Å². The Morgan fingerprint density at radius 1 is 0.958 bits per heavy atom. The van der Waals surface area contributed by atoms with Gasteiger partial charge in [0, 0.05) is 44.2 Å². The van der Waals surface area contributed by atoms with Crippen LogP contribution in [0.15, 0.2) is 48.5 Å². The number of hydrogen-bond acceptors (Lipinski definition) is 4. The van der Waals surface area contributed by atoms with E-state index < -0.39 is 0 Å². The Kier molecular flexibility index (Phi) is 4.30. The molecule has 0 aromatic heterocycles. The SMILES string of the molecule is COc1ccccc1N1CCN(C2CCOc3ccccc32)CC1. The van der Waals surface area contributed by atoms with Gasteiger partial charge in [-0.3, -0.25) is 4.90 Å². The monoisotopic (exact) mass is 324 g/mol. The van der Waals surface area contributed by atoms with Gasteiger partial charge in [0.2, 0.25) is 0 Å². The minimum atomic E-state index is 0.481. The molecule has 2 aromatic rings. The minimum Gasteiger partial charge on any atom is -0.495 e. The van der Waals surface area contributed by atoms with Gasteiger partial charge in [0.05, 0.1) is 19.4 Å². The number of para-hydroxylation sites is 3. The predicted octanol–water partition coefficient (Wildman–Crippen LogP) is 3.34. The van der Waals surface area contributed by atoms with Crippen LogP contribution in [0.4, 0.5) is 5.69 Å². The van der Waals surface area contributed by atoms with Crippen molar-refractivity contribution in [2.75, 3.05) is 44.8 Å². The Bertz CT molecular complexity index is 696. The van der Waals surface area contributed by atoms with Crippen LogP contribution < -0.4 is 14.4 Å². The third-order valence-corrected chi connectivity index (χ3v) is 5.11. The van der Waals surface area contributed by atoms with E-state index >= 15 is 0 Å². The molecule has 1 unspecified atom stereocenters. The molecule has 4 nitrogen and oxygen atoms in total. The van der Waals surface area contributed by atoms with Crippen molar-refractivity contribution in [1.29, 1.82) is 0 Å². The lowest BCUT2D eigenvalue weighted by molar-refractivity contribution is 0.133. The maximum absolute atomic E-state index is 5.81. The second kappa shape index (κ2) is 6.73. The zero-order chi connectivity index (χ0) is 16.4. The predicted molar refractivity (Wildman–Crippen MR) is 96.1 cm³/mol. The lowest BCUT2D eigenvalue weighted by Crippen LogP contribution is -2.48. The Labute approximate surface area is 143 Å². The molecule has 24 heavy (non-hydrogen) atoms. The molecule has 2 aliphatic heterocycles. The first-order valence-electron chi connectivity index (χ1n) is 8.70. The highest BCUT2D eigenvalue weighted by Crippen LogP contribution is 2.37. The van der Waals surface area contributed by atoms with E-state index in [1.807, 2.05) is 12.1 Å². The standard InChI is InChI=1S/C20H24N2O2/c1-23-20-9-5-3-7-18(20)22-13-11-21(12-14-22)17-10-15-24-19-8-4-2-6-16(17)19/h2-9,17H,10-15H2,1H3. The summed E-state index contributed by atoms with van der Waals surface area (Å²) in [6.45, 7) is 5.00. The van der Waals surface area contributed by atoms with E-state index in [9.17, 15) is 0 Å². The van der Waals surface area contributed by atoms with Crippen molar-refractivity contribution < 1.29 is 9.47 Å². The third-order valence-electron chi connectivity index (χ3n) is 5.11. The summed E-state index contributed by atoms with van der Waals surface area (Å²) in [5.41, 5.74) is 2.54. The molecule has 1 saturated heterocycles. The van der Waals surface area contributed by atoms with Crippen LogP contribution in [0.3, 0.4) is 0 Å². The number of nitrogens with zero attached hydrogens (tertiary/aromatic N) is 2. The first-order valence-corrected chi connectivity index (χ1v) is 8.70. The fourth-order valence-corrected chi connectivity index (χ4v) is 3.87. The summed E-state index contributed by atoms with van der Waals surface area (Å²) in [4.78, 5) is 5.04. The Morgan fingerprint density at radius 3 is 2.54 bits per heavy atom. The molecule has 2 heterocycles. The molecule has 4 heteroatoms. The number of ether oxygens (including phenoxy) is 2. The van der Waals surface area contributed by atoms with Crippen molar-refractivity contribution in [3.8, 4) is 11.5 Å². The Hall–Kier alpha value is -2.20. The summed E-state index contributed by atoms with van der Waals surface area (Å²) >= 11 is 0. The van der Waals surface area contributed by atoms with E-state index in [0.717, 1.165) is 50.7 Å². The first-order chi connectivity index (χ1) is 11.9. The maximum atomic E-state index is 5.81. The highest BCUT2D eigenvalue weighted by Gasteiger charge is 2.29. The number of fused-ring (bicyclic) bond motifs is 1. The van der Waals surface area contributed by atoms with Gasteiger partial charge in [-0.1, -0.05) is 30.3 Å². The van der Waals surface area contributed by atoms with Crippen molar-refractivity contribution in [3.05, 3.63) is 54.1 Å². The minimum absolute atomic E-state index is 0.481. The van der Waals surface area contributed by atoms with E-state index in [0.29, 0.717) is 6.04 Å². The van der Waals surface area contributed by atoms with Crippen molar-refractivity contribution >= 4 is 5.69 Å². The largest absolute Gasteiger partial charge is 0.495 e. The first kappa shape index (κ1) is 15.3. The molecule has 1 fully saturated rings. The number of anilines is 1. The summed E-state index contributed by atoms with van der Waals surface area (Å²) < 4.78 is 11.3. The van der Waals surface area contributed by atoms with Crippen LogP contribution in [0.25, 0.3) is 0 Å². The molecule has 0 amide bonds. The molecule has 0 saturated carbocycles. The van der Waals surface area contributed by atoms with Gasteiger partial charge in [0.25, 0.3) is 0 Å². The molecule has 0 radical (unpaired) electrons. The molecule has 2 aliphatic rings. The second-order valence-corrected chi connectivity index (χ2v) is 6.39. The molecule has 4 rings (SSSR count). The van der Waals surface area contributed by atoms with Crippen LogP contribution in [0, 0.1) is 0 Å². The van der Waals surface area contributed by atoms with Gasteiger partial charge in [-0.05, 0) is 18.2 Å². The average molecular weight is 324 g/mol. The fraction of sp³-hybridized carbons (Fsp3) is 0.400. The zero-order valence-electron chi connectivity index (χ0n) is 14.1. The van der Waals surface area contributed by atoms with Crippen LogP contribution in [-0.2, 0) is 0 Å². The lowest BCUT2D eigenvalue weighted by atomic mass is 9.98. The van der Waals surface area contributed by atoms with Crippen molar-refractivity contribution in [1.82, 2.24) is 4.90 Å². The molecular formula is C20H24N2O2. The van der Waals surface area contributed by atoms with E-state index in [1.54, 1.807) is 7.11 Å². The number of piperazine rings is 1. The molecular weight excluding hydrogens is 300 g/mol. The van der Waals surface area contributed by atoms with Gasteiger partial charge in [0.1, 0.15) is 11.5 Å². The number of benzene rings is 2. The van der Waals surface area contributed by atoms with Gasteiger partial charge in [-0.2, -0.15) is 0 Å². The second-order valence-electron chi connectivity index (χ2n) is 6.39. The Morgan fingerprint density at radius 2 is 1.71 bits per heavy atom. The maximum Gasteiger partial charge on any atom is 0.142 e. The van der Waals surface area contributed by atoms with Crippen molar-refractivity contribution in [2.45, 2.75) is 12.5 Å². The van der Waals surface area contributed by atoms with E-state index in [2.05, 4.69) is 46.2 Å².